The molecule has 0 aliphatic heterocycles. The van der Waals surface area contributed by atoms with Gasteiger partial charge in [0.15, 0.2) is 10.9 Å². The smallest absolute Gasteiger partial charge is 0.172 e. The number of thiocarbonyl (C=S) groups is 1. The van der Waals surface area contributed by atoms with Crippen molar-refractivity contribution >= 4 is 23.1 Å². The van der Waals surface area contributed by atoms with Crippen LogP contribution in [0.15, 0.2) is 42.6 Å². The van der Waals surface area contributed by atoms with Crippen LogP contribution >= 0.6 is 12.2 Å². The summed E-state index contributed by atoms with van der Waals surface area (Å²) in [5.41, 5.74) is 2.58. The average Bonchev–Trinajstić information content (AvgIpc) is 3.14. The Morgan fingerprint density at radius 1 is 1.24 bits per heavy atom. The number of benzene rings is 1. The van der Waals surface area contributed by atoms with E-state index in [0.29, 0.717) is 29.6 Å². The monoisotopic (exact) mass is 358 g/mol. The van der Waals surface area contributed by atoms with E-state index < -0.39 is 0 Å². The molecule has 2 N–H and O–H groups in total. The Bertz CT molecular complexity index is 865. The maximum absolute atomic E-state index is 13.7. The lowest BCUT2D eigenvalue weighted by Gasteiger charge is -2.07. The van der Waals surface area contributed by atoms with Gasteiger partial charge in [0, 0.05) is 30.6 Å². The quantitative estimate of drug-likeness (QED) is 0.687. The van der Waals surface area contributed by atoms with E-state index in [1.165, 1.54) is 6.07 Å². The zero-order valence-corrected chi connectivity index (χ0v) is 14.8. The van der Waals surface area contributed by atoms with Crippen LogP contribution in [0.25, 0.3) is 0 Å². The summed E-state index contributed by atoms with van der Waals surface area (Å²) in [7, 11) is 1.90. The molecule has 25 heavy (non-hydrogen) atoms. The van der Waals surface area contributed by atoms with Gasteiger partial charge in [-0.1, -0.05) is 18.2 Å². The van der Waals surface area contributed by atoms with E-state index in [4.69, 9.17) is 12.2 Å². The molecule has 0 aliphatic rings. The van der Waals surface area contributed by atoms with Crippen LogP contribution in [0.4, 0.5) is 10.2 Å². The van der Waals surface area contributed by atoms with E-state index in [9.17, 15) is 4.39 Å². The molecular weight excluding hydrogens is 339 g/mol. The first-order chi connectivity index (χ1) is 12.0. The van der Waals surface area contributed by atoms with Gasteiger partial charge in [-0.25, -0.2) is 4.39 Å². The Hall–Kier alpha value is -2.74. The number of hydrogen-bond donors (Lipinski definition) is 2. The van der Waals surface area contributed by atoms with E-state index in [1.807, 2.05) is 24.7 Å². The second-order valence-corrected chi connectivity index (χ2v) is 6.11. The van der Waals surface area contributed by atoms with E-state index >= 15 is 0 Å². The van der Waals surface area contributed by atoms with Crippen molar-refractivity contribution in [3.05, 3.63) is 65.4 Å². The van der Waals surface area contributed by atoms with Gasteiger partial charge in [0.1, 0.15) is 5.82 Å². The van der Waals surface area contributed by atoms with Crippen LogP contribution in [0.1, 0.15) is 17.0 Å². The van der Waals surface area contributed by atoms with E-state index in [-0.39, 0.29) is 5.82 Å². The molecule has 2 heterocycles. The first-order valence-electron chi connectivity index (χ1n) is 7.82. The molecule has 0 fully saturated rings. The lowest BCUT2D eigenvalue weighted by Crippen LogP contribution is -2.28. The molecule has 6 nitrogen and oxygen atoms in total. The molecule has 0 saturated heterocycles. The second kappa shape index (κ2) is 7.43. The van der Waals surface area contributed by atoms with Crippen molar-refractivity contribution in [1.82, 2.24) is 24.9 Å². The lowest BCUT2D eigenvalue weighted by atomic mass is 10.2. The molecule has 0 saturated carbocycles. The molecule has 0 atom stereocenters. The zero-order valence-electron chi connectivity index (χ0n) is 14.0. The Balaban J connectivity index is 1.54. The fraction of sp³-hybridized carbons (Fsp3) is 0.235. The third kappa shape index (κ3) is 4.42. The van der Waals surface area contributed by atoms with Gasteiger partial charge in [0.05, 0.1) is 18.8 Å². The number of aryl methyl sites for hydroxylation is 2. The standard InChI is InChI=1S/C17H19FN6S/c1-12-9-14(21-23(12)2)10-19-17(25)20-16-7-8-24(22-16)11-13-5-3-4-6-15(13)18/h3-9H,10-11H2,1-2H3,(H2,19,20,22,25). The van der Waals surface area contributed by atoms with Gasteiger partial charge in [-0.05, 0) is 31.3 Å². The van der Waals surface area contributed by atoms with Gasteiger partial charge < -0.3 is 10.6 Å². The van der Waals surface area contributed by atoms with Gasteiger partial charge >= 0.3 is 0 Å². The number of anilines is 1. The molecule has 2 aromatic heterocycles. The van der Waals surface area contributed by atoms with Crippen LogP contribution in [0.3, 0.4) is 0 Å². The number of rotatable bonds is 5. The molecule has 130 valence electrons. The average molecular weight is 358 g/mol. The molecule has 8 heteroatoms. The summed E-state index contributed by atoms with van der Waals surface area (Å²) in [6, 6.07) is 10.4. The van der Waals surface area contributed by atoms with Crippen molar-refractivity contribution < 1.29 is 4.39 Å². The summed E-state index contributed by atoms with van der Waals surface area (Å²) >= 11 is 5.27. The highest BCUT2D eigenvalue weighted by Gasteiger charge is 2.06. The Morgan fingerprint density at radius 3 is 2.76 bits per heavy atom. The molecule has 0 radical (unpaired) electrons. The summed E-state index contributed by atoms with van der Waals surface area (Å²) in [4.78, 5) is 0. The van der Waals surface area contributed by atoms with E-state index in [0.717, 1.165) is 11.4 Å². The van der Waals surface area contributed by atoms with Crippen LogP contribution in [-0.2, 0) is 20.1 Å². The predicted octanol–water partition coefficient (Wildman–Crippen LogP) is 2.60. The molecule has 1 aromatic carbocycles. The largest absolute Gasteiger partial charge is 0.357 e. The number of nitrogens with one attached hydrogen (secondary N) is 2. The normalized spacial score (nSPS) is 10.7. The van der Waals surface area contributed by atoms with E-state index in [2.05, 4.69) is 20.8 Å². The minimum absolute atomic E-state index is 0.240. The third-order valence-corrected chi connectivity index (χ3v) is 4.01. The molecule has 3 rings (SSSR count). The zero-order chi connectivity index (χ0) is 17.8. The van der Waals surface area contributed by atoms with Gasteiger partial charge in [0.25, 0.3) is 0 Å². The highest BCUT2D eigenvalue weighted by molar-refractivity contribution is 7.80. The molecular formula is C17H19FN6S. The van der Waals surface area contributed by atoms with Crippen LogP contribution in [0, 0.1) is 12.7 Å². The summed E-state index contributed by atoms with van der Waals surface area (Å²) in [5, 5.41) is 15.3. The predicted molar refractivity (Wildman–Crippen MR) is 98.7 cm³/mol. The van der Waals surface area contributed by atoms with Crippen molar-refractivity contribution in [3.63, 3.8) is 0 Å². The SMILES string of the molecule is Cc1cc(CNC(=S)Nc2ccn(Cc3ccccc3F)n2)nn1C. The van der Waals surface area contributed by atoms with Gasteiger partial charge in [-0.2, -0.15) is 10.2 Å². The highest BCUT2D eigenvalue weighted by Crippen LogP contribution is 2.10. The second-order valence-electron chi connectivity index (χ2n) is 5.70. The maximum Gasteiger partial charge on any atom is 0.172 e. The van der Waals surface area contributed by atoms with Crippen molar-refractivity contribution in [2.45, 2.75) is 20.0 Å². The minimum Gasteiger partial charge on any atom is -0.357 e. The summed E-state index contributed by atoms with van der Waals surface area (Å²) in [5.74, 6) is 0.362. The van der Waals surface area contributed by atoms with Crippen molar-refractivity contribution in [2.75, 3.05) is 5.32 Å². The van der Waals surface area contributed by atoms with E-state index in [1.54, 1.807) is 35.1 Å². The first-order valence-corrected chi connectivity index (χ1v) is 8.23. The summed E-state index contributed by atoms with van der Waals surface area (Å²) < 4.78 is 17.2. The van der Waals surface area contributed by atoms with Crippen LogP contribution in [-0.4, -0.2) is 24.7 Å². The van der Waals surface area contributed by atoms with Crippen molar-refractivity contribution in [1.29, 1.82) is 0 Å². The van der Waals surface area contributed by atoms with Gasteiger partial charge in [-0.3, -0.25) is 9.36 Å². The molecule has 0 bridgehead atoms. The lowest BCUT2D eigenvalue weighted by molar-refractivity contribution is 0.586. The van der Waals surface area contributed by atoms with Gasteiger partial charge in [-0.15, -0.1) is 0 Å². The summed E-state index contributed by atoms with van der Waals surface area (Å²) in [6.45, 7) is 2.89. The first kappa shape index (κ1) is 17.1. The molecule has 0 unspecified atom stereocenters. The fourth-order valence-corrected chi connectivity index (χ4v) is 2.55. The number of halogens is 1. The molecule has 0 amide bonds. The van der Waals surface area contributed by atoms with Crippen molar-refractivity contribution in [3.8, 4) is 0 Å². The Labute approximate surface area is 150 Å². The topological polar surface area (TPSA) is 59.7 Å². The third-order valence-electron chi connectivity index (χ3n) is 3.77. The summed E-state index contributed by atoms with van der Waals surface area (Å²) in [6.07, 6.45) is 1.78. The van der Waals surface area contributed by atoms with Gasteiger partial charge in [0.2, 0.25) is 0 Å². The minimum atomic E-state index is -0.240. The highest BCUT2D eigenvalue weighted by atomic mass is 32.1. The molecule has 0 spiro atoms. The van der Waals surface area contributed by atoms with Crippen molar-refractivity contribution in [2.24, 2.45) is 7.05 Å². The van der Waals surface area contributed by atoms with Crippen LogP contribution in [0.2, 0.25) is 0 Å². The number of nitrogens with zero attached hydrogens (tertiary/aromatic N) is 4. The number of hydrogen-bond acceptors (Lipinski definition) is 3. The van der Waals surface area contributed by atoms with Crippen LogP contribution < -0.4 is 10.6 Å². The Morgan fingerprint density at radius 2 is 2.04 bits per heavy atom. The van der Waals surface area contributed by atoms with Crippen LogP contribution in [0.5, 0.6) is 0 Å². The number of aromatic nitrogens is 4. The molecule has 3 aromatic rings. The fourth-order valence-electron chi connectivity index (χ4n) is 2.37. The Kier molecular flexibility index (Phi) is 5.08. The maximum atomic E-state index is 13.7. The molecule has 0 aliphatic carbocycles.